The smallest absolute Gasteiger partial charge is 0.304 e. The number of rotatable bonds is 3. The van der Waals surface area contributed by atoms with Crippen LogP contribution in [0.1, 0.15) is 25.5 Å². The Balaban J connectivity index is 1.81. The van der Waals surface area contributed by atoms with Gasteiger partial charge in [-0.1, -0.05) is 11.3 Å². The van der Waals surface area contributed by atoms with E-state index in [1.165, 1.54) is 0 Å². The topological polar surface area (TPSA) is 82.3 Å². The van der Waals surface area contributed by atoms with E-state index < -0.39 is 6.04 Å². The predicted octanol–water partition coefficient (Wildman–Crippen LogP) is 0.0619. The van der Waals surface area contributed by atoms with Crippen molar-refractivity contribution < 1.29 is 9.59 Å². The molecule has 6 nitrogen and oxygen atoms in total. The lowest BCUT2D eigenvalue weighted by Crippen LogP contribution is -2.62. The summed E-state index contributed by atoms with van der Waals surface area (Å²) in [6, 6.07) is -0.875. The number of hydrogen-bond acceptors (Lipinski definition) is 4. The van der Waals surface area contributed by atoms with Crippen LogP contribution in [0.15, 0.2) is 10.2 Å². The SMILES string of the molecule is CC1C(=O)NC(C2CC2)C(=O)N1Cc1csc(=O)[nH]1. The first-order valence-electron chi connectivity index (χ1n) is 6.34. The number of thiazole rings is 1. The first-order chi connectivity index (χ1) is 9.06. The molecule has 2 N–H and O–H groups in total. The number of hydrogen-bond donors (Lipinski definition) is 2. The van der Waals surface area contributed by atoms with Gasteiger partial charge in [0, 0.05) is 11.1 Å². The highest BCUT2D eigenvalue weighted by atomic mass is 32.1. The van der Waals surface area contributed by atoms with Gasteiger partial charge in [0.1, 0.15) is 12.1 Å². The molecule has 1 aliphatic carbocycles. The molecule has 0 bridgehead atoms. The van der Waals surface area contributed by atoms with E-state index >= 15 is 0 Å². The molecule has 19 heavy (non-hydrogen) atoms. The summed E-state index contributed by atoms with van der Waals surface area (Å²) in [5.41, 5.74) is 0.680. The monoisotopic (exact) mass is 281 g/mol. The summed E-state index contributed by atoms with van der Waals surface area (Å²) in [5, 5.41) is 4.49. The first-order valence-corrected chi connectivity index (χ1v) is 7.22. The number of aromatic nitrogens is 1. The van der Waals surface area contributed by atoms with Crippen LogP contribution in [-0.4, -0.2) is 33.8 Å². The van der Waals surface area contributed by atoms with Gasteiger partial charge in [-0.25, -0.2) is 0 Å². The molecule has 1 aromatic heterocycles. The highest BCUT2D eigenvalue weighted by Crippen LogP contribution is 2.35. The van der Waals surface area contributed by atoms with Crippen molar-refractivity contribution in [3.8, 4) is 0 Å². The third-order valence-electron chi connectivity index (χ3n) is 3.70. The van der Waals surface area contributed by atoms with Crippen molar-refractivity contribution in [2.75, 3.05) is 0 Å². The van der Waals surface area contributed by atoms with E-state index in [0.717, 1.165) is 24.2 Å². The van der Waals surface area contributed by atoms with Gasteiger partial charge in [0.15, 0.2) is 0 Å². The molecule has 2 fully saturated rings. The zero-order valence-corrected chi connectivity index (χ0v) is 11.3. The van der Waals surface area contributed by atoms with Crippen LogP contribution in [-0.2, 0) is 16.1 Å². The molecular weight excluding hydrogens is 266 g/mol. The van der Waals surface area contributed by atoms with Gasteiger partial charge in [-0.2, -0.15) is 0 Å². The Hall–Kier alpha value is -1.63. The summed E-state index contributed by atoms with van der Waals surface area (Å²) in [6.45, 7) is 2.00. The van der Waals surface area contributed by atoms with Gasteiger partial charge in [-0.15, -0.1) is 0 Å². The van der Waals surface area contributed by atoms with E-state index in [4.69, 9.17) is 0 Å². The molecule has 1 saturated carbocycles. The lowest BCUT2D eigenvalue weighted by Gasteiger charge is -2.37. The predicted molar refractivity (Wildman–Crippen MR) is 69.6 cm³/mol. The maximum Gasteiger partial charge on any atom is 0.304 e. The van der Waals surface area contributed by atoms with Crippen molar-refractivity contribution in [3.05, 3.63) is 20.7 Å². The Kier molecular flexibility index (Phi) is 2.93. The van der Waals surface area contributed by atoms with Crippen molar-refractivity contribution in [2.24, 2.45) is 5.92 Å². The fraction of sp³-hybridized carbons (Fsp3) is 0.583. The van der Waals surface area contributed by atoms with E-state index in [1.54, 1.807) is 17.2 Å². The van der Waals surface area contributed by atoms with Gasteiger partial charge in [0.05, 0.1) is 6.54 Å². The fourth-order valence-electron chi connectivity index (χ4n) is 2.39. The molecule has 0 radical (unpaired) electrons. The van der Waals surface area contributed by atoms with Crippen molar-refractivity contribution in [2.45, 2.75) is 38.4 Å². The summed E-state index contributed by atoms with van der Waals surface area (Å²) in [7, 11) is 0. The van der Waals surface area contributed by atoms with E-state index in [-0.39, 0.29) is 35.2 Å². The van der Waals surface area contributed by atoms with E-state index in [2.05, 4.69) is 10.3 Å². The third kappa shape index (κ3) is 2.30. The fourth-order valence-corrected chi connectivity index (χ4v) is 2.96. The molecular formula is C12H15N3O3S. The van der Waals surface area contributed by atoms with E-state index in [1.807, 2.05) is 0 Å². The van der Waals surface area contributed by atoms with Gasteiger partial charge >= 0.3 is 4.87 Å². The second-order valence-electron chi connectivity index (χ2n) is 5.14. The Morgan fingerprint density at radius 2 is 2.11 bits per heavy atom. The van der Waals surface area contributed by atoms with Gasteiger partial charge < -0.3 is 15.2 Å². The van der Waals surface area contributed by atoms with Crippen molar-refractivity contribution in [1.82, 2.24) is 15.2 Å². The summed E-state index contributed by atoms with van der Waals surface area (Å²) in [6.07, 6.45) is 1.99. The number of amides is 2. The molecule has 2 unspecified atom stereocenters. The van der Waals surface area contributed by atoms with Gasteiger partial charge in [-0.3, -0.25) is 14.4 Å². The number of aromatic amines is 1. The lowest BCUT2D eigenvalue weighted by atomic mass is 10.0. The van der Waals surface area contributed by atoms with Crippen LogP contribution in [0.2, 0.25) is 0 Å². The molecule has 7 heteroatoms. The summed E-state index contributed by atoms with van der Waals surface area (Å²) in [5.74, 6) is 0.128. The molecule has 1 saturated heterocycles. The third-order valence-corrected chi connectivity index (χ3v) is 4.42. The molecule has 3 rings (SSSR count). The van der Waals surface area contributed by atoms with Crippen LogP contribution < -0.4 is 10.2 Å². The molecule has 2 heterocycles. The summed E-state index contributed by atoms with van der Waals surface area (Å²) >= 11 is 1.07. The standard InChI is InChI=1S/C12H15N3O3S/c1-6-10(16)14-9(7-2-3-7)11(17)15(6)4-8-5-19-12(18)13-8/h5-7,9H,2-4H2,1H3,(H,13,18)(H,14,16). The van der Waals surface area contributed by atoms with E-state index in [9.17, 15) is 14.4 Å². The lowest BCUT2D eigenvalue weighted by molar-refractivity contribution is -0.150. The van der Waals surface area contributed by atoms with Crippen LogP contribution in [0.25, 0.3) is 0 Å². The molecule has 0 spiro atoms. The molecule has 2 amide bonds. The minimum absolute atomic E-state index is 0.0401. The highest BCUT2D eigenvalue weighted by Gasteiger charge is 2.45. The molecule has 0 aromatic carbocycles. The number of piperazine rings is 1. The van der Waals surface area contributed by atoms with Crippen molar-refractivity contribution in [1.29, 1.82) is 0 Å². The molecule has 1 aromatic rings. The normalized spacial score (nSPS) is 27.5. The minimum atomic E-state index is -0.495. The second-order valence-corrected chi connectivity index (χ2v) is 5.98. The number of carbonyl (C=O) groups is 2. The zero-order valence-electron chi connectivity index (χ0n) is 10.5. The van der Waals surface area contributed by atoms with Crippen LogP contribution in [0.4, 0.5) is 0 Å². The number of nitrogens with one attached hydrogen (secondary N) is 2. The second kappa shape index (κ2) is 4.48. The highest BCUT2D eigenvalue weighted by molar-refractivity contribution is 7.07. The summed E-state index contributed by atoms with van der Waals surface area (Å²) < 4.78 is 0. The van der Waals surface area contributed by atoms with Crippen molar-refractivity contribution in [3.63, 3.8) is 0 Å². The maximum absolute atomic E-state index is 12.4. The largest absolute Gasteiger partial charge is 0.342 e. The van der Waals surface area contributed by atoms with Crippen LogP contribution in [0.5, 0.6) is 0 Å². The maximum atomic E-state index is 12.4. The van der Waals surface area contributed by atoms with E-state index in [0.29, 0.717) is 5.69 Å². The average Bonchev–Trinajstić information content (AvgIpc) is 3.13. The Morgan fingerprint density at radius 3 is 2.68 bits per heavy atom. The molecule has 1 aliphatic heterocycles. The molecule has 2 atom stereocenters. The van der Waals surface area contributed by atoms with Gasteiger partial charge in [-0.05, 0) is 25.7 Å². The average molecular weight is 281 g/mol. The number of carbonyl (C=O) groups excluding carboxylic acids is 2. The van der Waals surface area contributed by atoms with Gasteiger partial charge in [0.25, 0.3) is 0 Å². The minimum Gasteiger partial charge on any atom is -0.342 e. The Bertz CT molecular complexity index is 575. The van der Waals surface area contributed by atoms with Crippen LogP contribution >= 0.6 is 11.3 Å². The molecule has 102 valence electrons. The Labute approximate surface area is 113 Å². The van der Waals surface area contributed by atoms with Crippen LogP contribution in [0, 0.1) is 5.92 Å². The van der Waals surface area contributed by atoms with Crippen LogP contribution in [0.3, 0.4) is 0 Å². The van der Waals surface area contributed by atoms with Gasteiger partial charge in [0.2, 0.25) is 11.8 Å². The molecule has 2 aliphatic rings. The summed E-state index contributed by atoms with van der Waals surface area (Å²) in [4.78, 5) is 39.5. The number of nitrogens with zero attached hydrogens (tertiary/aromatic N) is 1. The first kappa shape index (κ1) is 12.4. The van der Waals surface area contributed by atoms with Crippen molar-refractivity contribution >= 4 is 23.2 Å². The zero-order chi connectivity index (χ0) is 13.6. The quantitative estimate of drug-likeness (QED) is 0.822. The number of H-pyrrole nitrogens is 1. The Morgan fingerprint density at radius 1 is 1.37 bits per heavy atom.